The molecule has 2 fully saturated rings. The first kappa shape index (κ1) is 23.0. The lowest BCUT2D eigenvalue weighted by Crippen LogP contribution is -2.56. The average molecular weight is 458 g/mol. The molecule has 2 heterocycles. The zero-order valence-electron chi connectivity index (χ0n) is 18.9. The fourth-order valence-electron chi connectivity index (χ4n) is 5.13. The van der Waals surface area contributed by atoms with Gasteiger partial charge in [0.2, 0.25) is 17.7 Å². The van der Waals surface area contributed by atoms with E-state index in [1.807, 2.05) is 49.1 Å². The van der Waals surface area contributed by atoms with E-state index in [4.69, 9.17) is 11.6 Å². The molecule has 0 saturated carbocycles. The highest BCUT2D eigenvalue weighted by molar-refractivity contribution is 6.30. The van der Waals surface area contributed by atoms with Crippen LogP contribution in [0.25, 0.3) is 0 Å². The zero-order valence-corrected chi connectivity index (χ0v) is 19.6. The average Bonchev–Trinajstić information content (AvgIpc) is 3.02. The minimum Gasteiger partial charge on any atom is -0.338 e. The topological polar surface area (TPSA) is 60.9 Å². The number of carbonyl (C=O) groups is 3. The number of halogens is 1. The maximum Gasteiger partial charge on any atom is 0.245 e. The predicted molar refractivity (Wildman–Crippen MR) is 124 cm³/mol. The number of nitrogens with zero attached hydrogens (tertiary/aromatic N) is 3. The lowest BCUT2D eigenvalue weighted by molar-refractivity contribution is -0.153. The minimum absolute atomic E-state index is 0.0885. The van der Waals surface area contributed by atoms with Crippen LogP contribution in [0, 0.1) is 17.8 Å². The Balaban J connectivity index is 1.43. The Morgan fingerprint density at radius 1 is 1.03 bits per heavy atom. The van der Waals surface area contributed by atoms with Crippen LogP contribution in [-0.2, 0) is 20.9 Å². The second-order valence-electron chi connectivity index (χ2n) is 9.58. The second-order valence-corrected chi connectivity index (χ2v) is 10.0. The van der Waals surface area contributed by atoms with E-state index in [1.165, 1.54) is 4.90 Å². The van der Waals surface area contributed by atoms with Crippen molar-refractivity contribution in [2.24, 2.45) is 17.8 Å². The van der Waals surface area contributed by atoms with Gasteiger partial charge in [0.1, 0.15) is 6.04 Å². The van der Waals surface area contributed by atoms with Crippen LogP contribution in [0.5, 0.6) is 0 Å². The lowest BCUT2D eigenvalue weighted by atomic mass is 9.85. The Bertz CT molecular complexity index is 881. The summed E-state index contributed by atoms with van der Waals surface area (Å²) in [6, 6.07) is 7.15. The molecule has 0 aromatic heterocycles. The third-order valence-corrected chi connectivity index (χ3v) is 7.05. The van der Waals surface area contributed by atoms with Gasteiger partial charge in [-0.15, -0.1) is 0 Å². The summed E-state index contributed by atoms with van der Waals surface area (Å²) in [6.45, 7) is 7.55. The van der Waals surface area contributed by atoms with Gasteiger partial charge in [-0.1, -0.05) is 49.7 Å². The normalized spacial score (nSPS) is 24.9. The van der Waals surface area contributed by atoms with Crippen molar-refractivity contribution in [2.45, 2.75) is 45.7 Å². The third-order valence-electron chi connectivity index (χ3n) is 6.81. The van der Waals surface area contributed by atoms with Crippen LogP contribution in [0.15, 0.2) is 36.4 Å². The molecule has 6 nitrogen and oxygen atoms in total. The summed E-state index contributed by atoms with van der Waals surface area (Å²) < 4.78 is 0. The van der Waals surface area contributed by atoms with Crippen LogP contribution >= 0.6 is 11.6 Å². The molecular formula is C25H32ClN3O3. The molecule has 3 amide bonds. The maximum absolute atomic E-state index is 13.6. The zero-order chi connectivity index (χ0) is 22.8. The van der Waals surface area contributed by atoms with E-state index < -0.39 is 6.04 Å². The number of hydrogen-bond acceptors (Lipinski definition) is 4. The monoisotopic (exact) mass is 457 g/mol. The van der Waals surface area contributed by atoms with Crippen molar-refractivity contribution < 1.29 is 14.4 Å². The van der Waals surface area contributed by atoms with Gasteiger partial charge in [0.05, 0.1) is 11.8 Å². The van der Waals surface area contributed by atoms with Gasteiger partial charge < -0.3 is 4.90 Å². The van der Waals surface area contributed by atoms with Crippen molar-refractivity contribution in [3.05, 3.63) is 47.0 Å². The van der Waals surface area contributed by atoms with Crippen molar-refractivity contribution in [3.8, 4) is 0 Å². The van der Waals surface area contributed by atoms with Crippen LogP contribution in [0.3, 0.4) is 0 Å². The van der Waals surface area contributed by atoms with Gasteiger partial charge >= 0.3 is 0 Å². The first-order valence-corrected chi connectivity index (χ1v) is 12.0. The molecule has 0 spiro atoms. The molecule has 0 N–H and O–H groups in total. The van der Waals surface area contributed by atoms with E-state index >= 15 is 0 Å². The van der Waals surface area contributed by atoms with Crippen LogP contribution in [-0.4, -0.2) is 64.6 Å². The quantitative estimate of drug-likeness (QED) is 0.485. The largest absolute Gasteiger partial charge is 0.338 e. The minimum atomic E-state index is -0.694. The summed E-state index contributed by atoms with van der Waals surface area (Å²) in [5.74, 6) is -0.816. The highest BCUT2D eigenvalue weighted by Crippen LogP contribution is 2.37. The van der Waals surface area contributed by atoms with E-state index in [2.05, 4.69) is 11.0 Å². The molecule has 172 valence electrons. The second kappa shape index (κ2) is 9.75. The fraction of sp³-hybridized carbons (Fsp3) is 0.560. The smallest absolute Gasteiger partial charge is 0.245 e. The molecule has 3 unspecified atom stereocenters. The molecule has 3 atom stereocenters. The molecule has 1 aliphatic carbocycles. The van der Waals surface area contributed by atoms with E-state index in [1.54, 1.807) is 0 Å². The Hall–Kier alpha value is -2.18. The molecule has 0 bridgehead atoms. The van der Waals surface area contributed by atoms with E-state index in [9.17, 15) is 14.4 Å². The lowest BCUT2D eigenvalue weighted by Gasteiger charge is -2.38. The first-order chi connectivity index (χ1) is 15.3. The van der Waals surface area contributed by atoms with E-state index in [0.717, 1.165) is 30.2 Å². The predicted octanol–water partition coefficient (Wildman–Crippen LogP) is 3.35. The molecule has 4 rings (SSSR count). The molecule has 7 heteroatoms. The highest BCUT2D eigenvalue weighted by atomic mass is 35.5. The van der Waals surface area contributed by atoms with E-state index in [-0.39, 0.29) is 35.5 Å². The van der Waals surface area contributed by atoms with Crippen molar-refractivity contribution in [3.63, 3.8) is 0 Å². The van der Waals surface area contributed by atoms with Gasteiger partial charge in [-0.05, 0) is 42.9 Å². The van der Waals surface area contributed by atoms with Crippen LogP contribution in [0.1, 0.15) is 38.7 Å². The van der Waals surface area contributed by atoms with Gasteiger partial charge in [-0.3, -0.25) is 24.2 Å². The number of imide groups is 1. The summed E-state index contributed by atoms with van der Waals surface area (Å²) in [7, 11) is 0. The highest BCUT2D eigenvalue weighted by Gasteiger charge is 2.51. The molecule has 1 aromatic carbocycles. The number of hydrogen-bond donors (Lipinski definition) is 0. The maximum atomic E-state index is 13.6. The number of fused-ring (bicyclic) bond motifs is 1. The van der Waals surface area contributed by atoms with Crippen molar-refractivity contribution in [1.29, 1.82) is 0 Å². The first-order valence-electron chi connectivity index (χ1n) is 11.6. The van der Waals surface area contributed by atoms with Crippen LogP contribution < -0.4 is 0 Å². The summed E-state index contributed by atoms with van der Waals surface area (Å²) >= 11 is 6.10. The molecule has 0 radical (unpaired) electrons. The van der Waals surface area contributed by atoms with Crippen LogP contribution in [0.2, 0.25) is 5.02 Å². The number of likely N-dealkylation sites (tertiary alicyclic amines) is 1. The van der Waals surface area contributed by atoms with Crippen molar-refractivity contribution in [1.82, 2.24) is 14.7 Å². The van der Waals surface area contributed by atoms with Gasteiger partial charge in [-0.2, -0.15) is 0 Å². The number of allylic oxidation sites excluding steroid dienone is 2. The number of benzene rings is 1. The molecule has 2 aliphatic heterocycles. The molecule has 3 aliphatic rings. The number of amides is 3. The Kier molecular flexibility index (Phi) is 7.01. The summed E-state index contributed by atoms with van der Waals surface area (Å²) in [6.07, 6.45) is 5.65. The Morgan fingerprint density at radius 2 is 1.66 bits per heavy atom. The standard InChI is InChI=1S/C25H32ClN3O3/c1-17(2)14-22(29-23(30)20-8-3-4-9-21(20)24(29)31)25(32)28-12-10-27(11-13-28)16-18-6-5-7-19(26)15-18/h3-7,15,17,20-22H,8-14,16H2,1-2H3. The molecule has 1 aromatic rings. The Labute approximate surface area is 195 Å². The van der Waals surface area contributed by atoms with E-state index in [0.29, 0.717) is 32.4 Å². The third kappa shape index (κ3) is 4.76. The van der Waals surface area contributed by atoms with Crippen LogP contribution in [0.4, 0.5) is 0 Å². The number of piperazine rings is 1. The Morgan fingerprint density at radius 3 is 2.22 bits per heavy atom. The SMILES string of the molecule is CC(C)CC(C(=O)N1CCN(Cc2cccc(Cl)c2)CC1)N1C(=O)C2CC=CCC2C1=O. The number of carbonyl (C=O) groups excluding carboxylic acids is 3. The fourth-order valence-corrected chi connectivity index (χ4v) is 5.34. The van der Waals surface area contributed by atoms with Gasteiger partial charge in [0, 0.05) is 37.7 Å². The molecule has 2 saturated heterocycles. The van der Waals surface area contributed by atoms with Crippen molar-refractivity contribution >= 4 is 29.3 Å². The van der Waals surface area contributed by atoms with Gasteiger partial charge in [0.25, 0.3) is 0 Å². The summed E-state index contributed by atoms with van der Waals surface area (Å²) in [5.41, 5.74) is 1.15. The molecule has 32 heavy (non-hydrogen) atoms. The molecular weight excluding hydrogens is 426 g/mol. The number of rotatable bonds is 6. The van der Waals surface area contributed by atoms with Gasteiger partial charge in [0.15, 0.2) is 0 Å². The van der Waals surface area contributed by atoms with Crippen molar-refractivity contribution in [2.75, 3.05) is 26.2 Å². The van der Waals surface area contributed by atoms with Gasteiger partial charge in [-0.25, -0.2) is 0 Å². The summed E-state index contributed by atoms with van der Waals surface area (Å²) in [5, 5.41) is 0.726. The summed E-state index contributed by atoms with van der Waals surface area (Å²) in [4.78, 5) is 45.3.